The van der Waals surface area contributed by atoms with Crippen LogP contribution >= 0.6 is 0 Å². The summed E-state index contributed by atoms with van der Waals surface area (Å²) >= 11 is 0. The van der Waals surface area contributed by atoms with Crippen LogP contribution < -0.4 is 5.32 Å². The third-order valence-electron chi connectivity index (χ3n) is 2.22. The van der Waals surface area contributed by atoms with E-state index in [1.807, 2.05) is 0 Å². The first-order valence-corrected chi connectivity index (χ1v) is 4.81. The Hall–Kier alpha value is -1.24. The van der Waals surface area contributed by atoms with Gasteiger partial charge in [0.25, 0.3) is 0 Å². The van der Waals surface area contributed by atoms with Gasteiger partial charge in [0, 0.05) is 5.69 Å². The highest BCUT2D eigenvalue weighted by Crippen LogP contribution is 2.18. The van der Waals surface area contributed by atoms with Gasteiger partial charge in [0.15, 0.2) is 0 Å². The first-order valence-electron chi connectivity index (χ1n) is 4.81. The lowest BCUT2D eigenvalue weighted by Crippen LogP contribution is -1.94. The molecule has 0 bridgehead atoms. The van der Waals surface area contributed by atoms with Crippen molar-refractivity contribution in [3.8, 4) is 0 Å². The van der Waals surface area contributed by atoms with Crippen molar-refractivity contribution in [1.82, 2.24) is 0 Å². The molecular formula is C12H17N. The van der Waals surface area contributed by atoms with Crippen LogP contribution in [0.25, 0.3) is 0 Å². The second-order valence-electron chi connectivity index (χ2n) is 3.05. The number of nitrogens with one attached hydrogen (secondary N) is 1. The standard InChI is InChI=1S/C12H17N/c1-4-10-7-8-12(13-6-3)11(5-2)9-10/h6-9,13H,3-5H2,1-2H3. The van der Waals surface area contributed by atoms with Gasteiger partial charge in [0.2, 0.25) is 0 Å². The number of hydrogen-bond acceptors (Lipinski definition) is 1. The van der Waals surface area contributed by atoms with Crippen LogP contribution in [0.4, 0.5) is 5.69 Å². The van der Waals surface area contributed by atoms with Crippen LogP contribution in [0.1, 0.15) is 25.0 Å². The van der Waals surface area contributed by atoms with E-state index in [1.54, 1.807) is 6.20 Å². The van der Waals surface area contributed by atoms with Crippen molar-refractivity contribution in [3.05, 3.63) is 42.1 Å². The van der Waals surface area contributed by atoms with E-state index in [1.165, 1.54) is 16.8 Å². The molecule has 0 aliphatic carbocycles. The normalized spacial score (nSPS) is 9.69. The molecule has 0 aliphatic rings. The quantitative estimate of drug-likeness (QED) is 0.739. The minimum Gasteiger partial charge on any atom is -0.362 e. The molecule has 1 rings (SSSR count). The SMILES string of the molecule is C=CNc1ccc(CC)cc1CC. The summed E-state index contributed by atoms with van der Waals surface area (Å²) in [4.78, 5) is 0. The Morgan fingerprint density at radius 1 is 1.31 bits per heavy atom. The highest BCUT2D eigenvalue weighted by molar-refractivity contribution is 5.54. The summed E-state index contributed by atoms with van der Waals surface area (Å²) in [5.41, 5.74) is 3.93. The molecule has 0 saturated carbocycles. The fourth-order valence-corrected chi connectivity index (χ4v) is 1.41. The number of rotatable bonds is 4. The Bertz CT molecular complexity index is 289. The summed E-state index contributed by atoms with van der Waals surface area (Å²) < 4.78 is 0. The van der Waals surface area contributed by atoms with Gasteiger partial charge in [-0.15, -0.1) is 0 Å². The van der Waals surface area contributed by atoms with E-state index in [0.29, 0.717) is 0 Å². The Morgan fingerprint density at radius 3 is 2.62 bits per heavy atom. The second kappa shape index (κ2) is 4.70. The Balaban J connectivity index is 3.00. The zero-order valence-electron chi connectivity index (χ0n) is 8.43. The first-order chi connectivity index (χ1) is 6.31. The second-order valence-corrected chi connectivity index (χ2v) is 3.05. The molecule has 0 amide bonds. The van der Waals surface area contributed by atoms with Crippen LogP contribution in [0.3, 0.4) is 0 Å². The van der Waals surface area contributed by atoms with Gasteiger partial charge >= 0.3 is 0 Å². The molecule has 1 N–H and O–H groups in total. The predicted octanol–water partition coefficient (Wildman–Crippen LogP) is 3.37. The van der Waals surface area contributed by atoms with Crippen molar-refractivity contribution < 1.29 is 0 Å². The largest absolute Gasteiger partial charge is 0.362 e. The fraction of sp³-hybridized carbons (Fsp3) is 0.333. The van der Waals surface area contributed by atoms with E-state index in [9.17, 15) is 0 Å². The monoisotopic (exact) mass is 175 g/mol. The number of aryl methyl sites for hydroxylation is 2. The molecule has 1 nitrogen and oxygen atoms in total. The summed E-state index contributed by atoms with van der Waals surface area (Å²) in [6.45, 7) is 8.01. The lowest BCUT2D eigenvalue weighted by atomic mass is 10.0. The predicted molar refractivity (Wildman–Crippen MR) is 59.0 cm³/mol. The third kappa shape index (κ3) is 2.35. The van der Waals surface area contributed by atoms with Crippen molar-refractivity contribution in [3.63, 3.8) is 0 Å². The summed E-state index contributed by atoms with van der Waals surface area (Å²) in [6, 6.07) is 6.54. The number of hydrogen-bond donors (Lipinski definition) is 1. The number of anilines is 1. The van der Waals surface area contributed by atoms with Crippen molar-refractivity contribution >= 4 is 5.69 Å². The minimum atomic E-state index is 1.06. The van der Waals surface area contributed by atoms with Crippen LogP contribution in [0.5, 0.6) is 0 Å². The van der Waals surface area contributed by atoms with Gasteiger partial charge in [0.1, 0.15) is 0 Å². The van der Waals surface area contributed by atoms with Crippen LogP contribution in [-0.4, -0.2) is 0 Å². The molecule has 0 heterocycles. The van der Waals surface area contributed by atoms with Gasteiger partial charge in [-0.3, -0.25) is 0 Å². The molecule has 13 heavy (non-hydrogen) atoms. The molecule has 0 radical (unpaired) electrons. The lowest BCUT2D eigenvalue weighted by Gasteiger charge is -2.08. The zero-order chi connectivity index (χ0) is 9.68. The summed E-state index contributed by atoms with van der Waals surface area (Å²) in [7, 11) is 0. The number of benzene rings is 1. The zero-order valence-corrected chi connectivity index (χ0v) is 8.43. The molecule has 0 aliphatic heterocycles. The van der Waals surface area contributed by atoms with E-state index >= 15 is 0 Å². The maximum Gasteiger partial charge on any atom is 0.0412 e. The smallest absolute Gasteiger partial charge is 0.0412 e. The highest BCUT2D eigenvalue weighted by atomic mass is 14.8. The molecule has 0 atom stereocenters. The summed E-state index contributed by atoms with van der Waals surface area (Å²) in [5, 5.41) is 3.14. The van der Waals surface area contributed by atoms with Crippen LogP contribution in [-0.2, 0) is 12.8 Å². The van der Waals surface area contributed by atoms with Crippen LogP contribution in [0.2, 0.25) is 0 Å². The topological polar surface area (TPSA) is 12.0 Å². The van der Waals surface area contributed by atoms with E-state index in [-0.39, 0.29) is 0 Å². The van der Waals surface area contributed by atoms with Crippen LogP contribution in [0, 0.1) is 0 Å². The maximum absolute atomic E-state index is 3.66. The van der Waals surface area contributed by atoms with Crippen molar-refractivity contribution in [2.24, 2.45) is 0 Å². The summed E-state index contributed by atoms with van der Waals surface area (Å²) in [5.74, 6) is 0. The molecule has 0 unspecified atom stereocenters. The Morgan fingerprint density at radius 2 is 2.08 bits per heavy atom. The Labute approximate surface area is 80.5 Å². The van der Waals surface area contributed by atoms with E-state index in [4.69, 9.17) is 0 Å². The van der Waals surface area contributed by atoms with Gasteiger partial charge in [0.05, 0.1) is 0 Å². The molecule has 0 saturated heterocycles. The van der Waals surface area contributed by atoms with E-state index in [2.05, 4.69) is 43.9 Å². The fourth-order valence-electron chi connectivity index (χ4n) is 1.41. The lowest BCUT2D eigenvalue weighted by molar-refractivity contribution is 1.09. The maximum atomic E-state index is 3.66. The van der Waals surface area contributed by atoms with Gasteiger partial charge < -0.3 is 5.32 Å². The van der Waals surface area contributed by atoms with E-state index in [0.717, 1.165) is 12.8 Å². The molecule has 1 heteroatoms. The molecule has 0 fully saturated rings. The van der Waals surface area contributed by atoms with E-state index < -0.39 is 0 Å². The Kier molecular flexibility index (Phi) is 3.56. The van der Waals surface area contributed by atoms with Gasteiger partial charge in [-0.05, 0) is 36.2 Å². The molecule has 1 aromatic carbocycles. The minimum absolute atomic E-state index is 1.06. The molecule has 0 spiro atoms. The van der Waals surface area contributed by atoms with Gasteiger partial charge in [-0.2, -0.15) is 0 Å². The highest BCUT2D eigenvalue weighted by Gasteiger charge is 1.99. The van der Waals surface area contributed by atoms with Crippen LogP contribution in [0.15, 0.2) is 31.0 Å². The molecule has 0 aromatic heterocycles. The molecule has 70 valence electrons. The van der Waals surface area contributed by atoms with Crippen molar-refractivity contribution in [1.29, 1.82) is 0 Å². The van der Waals surface area contributed by atoms with Gasteiger partial charge in [-0.1, -0.05) is 32.6 Å². The summed E-state index contributed by atoms with van der Waals surface area (Å²) in [6.07, 6.45) is 3.88. The van der Waals surface area contributed by atoms with Gasteiger partial charge in [-0.25, -0.2) is 0 Å². The molecule has 1 aromatic rings. The molecular weight excluding hydrogens is 158 g/mol. The average Bonchev–Trinajstić information content (AvgIpc) is 2.19. The third-order valence-corrected chi connectivity index (χ3v) is 2.22. The van der Waals surface area contributed by atoms with Crippen molar-refractivity contribution in [2.45, 2.75) is 26.7 Å². The average molecular weight is 175 g/mol. The first kappa shape index (κ1) is 9.85. The van der Waals surface area contributed by atoms with Crippen molar-refractivity contribution in [2.75, 3.05) is 5.32 Å².